The Kier molecular flexibility index (Phi) is 2.50. The van der Waals surface area contributed by atoms with E-state index in [-0.39, 0.29) is 5.41 Å². The molecular formula is C12H13FN2O. The first-order valence-electron chi connectivity index (χ1n) is 5.05. The molecule has 2 rings (SSSR count). The molecule has 84 valence electrons. The number of rotatable bonds is 1. The molecule has 0 radical (unpaired) electrons. The van der Waals surface area contributed by atoms with E-state index in [1.807, 2.05) is 20.8 Å². The van der Waals surface area contributed by atoms with Crippen LogP contribution in [0.2, 0.25) is 0 Å². The first-order valence-corrected chi connectivity index (χ1v) is 5.05. The molecule has 16 heavy (non-hydrogen) atoms. The Morgan fingerprint density at radius 2 is 2.00 bits per heavy atom. The Morgan fingerprint density at radius 3 is 2.56 bits per heavy atom. The van der Waals surface area contributed by atoms with Gasteiger partial charge in [-0.3, -0.25) is 0 Å². The number of hydrogen-bond donors (Lipinski definition) is 0. The second kappa shape index (κ2) is 3.70. The summed E-state index contributed by atoms with van der Waals surface area (Å²) in [6, 6.07) is 3.28. The average Bonchev–Trinajstić information content (AvgIpc) is 2.66. The number of pyridine rings is 1. The van der Waals surface area contributed by atoms with Gasteiger partial charge in [0.1, 0.15) is 0 Å². The zero-order valence-corrected chi connectivity index (χ0v) is 9.49. The maximum Gasteiger partial charge on any atom is 0.223 e. The van der Waals surface area contributed by atoms with Gasteiger partial charge in [-0.25, -0.2) is 9.97 Å². The van der Waals surface area contributed by atoms with Crippen molar-refractivity contribution in [2.24, 2.45) is 0 Å². The zero-order chi connectivity index (χ0) is 11.8. The third-order valence-corrected chi connectivity index (χ3v) is 2.17. The Balaban J connectivity index is 2.44. The van der Waals surface area contributed by atoms with Crippen molar-refractivity contribution < 1.29 is 8.81 Å². The molecule has 0 saturated heterocycles. The van der Waals surface area contributed by atoms with Gasteiger partial charge < -0.3 is 4.42 Å². The van der Waals surface area contributed by atoms with Gasteiger partial charge in [0, 0.05) is 11.6 Å². The fourth-order valence-electron chi connectivity index (χ4n) is 1.32. The first kappa shape index (κ1) is 10.8. The van der Waals surface area contributed by atoms with Gasteiger partial charge in [0.15, 0.2) is 11.7 Å². The van der Waals surface area contributed by atoms with Crippen molar-refractivity contribution in [2.45, 2.75) is 26.2 Å². The monoisotopic (exact) mass is 220 g/mol. The van der Waals surface area contributed by atoms with Crippen LogP contribution in [0.1, 0.15) is 26.7 Å². The number of halogens is 1. The first-order chi connectivity index (χ1) is 7.48. The molecule has 0 saturated carbocycles. The molecular weight excluding hydrogens is 207 g/mol. The van der Waals surface area contributed by atoms with Crippen LogP contribution in [0.3, 0.4) is 0 Å². The van der Waals surface area contributed by atoms with Crippen LogP contribution < -0.4 is 0 Å². The van der Waals surface area contributed by atoms with Gasteiger partial charge in [-0.1, -0.05) is 20.8 Å². The molecule has 2 aromatic heterocycles. The van der Waals surface area contributed by atoms with Crippen molar-refractivity contribution in [1.82, 2.24) is 9.97 Å². The van der Waals surface area contributed by atoms with Crippen LogP contribution in [-0.2, 0) is 5.41 Å². The molecule has 0 unspecified atom stereocenters. The molecule has 0 aliphatic heterocycles. The molecule has 4 heteroatoms. The highest BCUT2D eigenvalue weighted by molar-refractivity contribution is 5.55. The molecule has 0 spiro atoms. The normalized spacial score (nSPS) is 11.8. The third kappa shape index (κ3) is 1.96. The maximum absolute atomic E-state index is 13.4. The van der Waals surface area contributed by atoms with Crippen LogP contribution in [0.5, 0.6) is 0 Å². The Hall–Kier alpha value is -1.71. The van der Waals surface area contributed by atoms with Gasteiger partial charge in [0.05, 0.1) is 11.8 Å². The highest BCUT2D eigenvalue weighted by atomic mass is 19.1. The Morgan fingerprint density at radius 1 is 1.25 bits per heavy atom. The van der Waals surface area contributed by atoms with Crippen LogP contribution in [-0.4, -0.2) is 9.97 Å². The quantitative estimate of drug-likeness (QED) is 0.693. The summed E-state index contributed by atoms with van der Waals surface area (Å²) >= 11 is 0. The van der Waals surface area contributed by atoms with E-state index < -0.39 is 5.95 Å². The lowest BCUT2D eigenvalue weighted by molar-refractivity contribution is 0.397. The molecule has 0 N–H and O–H groups in total. The van der Waals surface area contributed by atoms with Gasteiger partial charge in [-0.05, 0) is 12.1 Å². The molecule has 0 aromatic carbocycles. The van der Waals surface area contributed by atoms with E-state index in [0.717, 1.165) is 0 Å². The summed E-state index contributed by atoms with van der Waals surface area (Å²) in [5, 5.41) is 0. The molecule has 0 aliphatic carbocycles. The second-order valence-corrected chi connectivity index (χ2v) is 4.62. The van der Waals surface area contributed by atoms with E-state index >= 15 is 0 Å². The summed E-state index contributed by atoms with van der Waals surface area (Å²) in [5.41, 5.74) is 0.155. The lowest BCUT2D eigenvalue weighted by Gasteiger charge is -2.12. The van der Waals surface area contributed by atoms with Gasteiger partial charge in [-0.15, -0.1) is 0 Å². The largest absolute Gasteiger partial charge is 0.440 e. The van der Waals surface area contributed by atoms with Crippen LogP contribution in [0.15, 0.2) is 28.9 Å². The SMILES string of the molecule is CC(C)(C)c1ncc(-c2cccnc2F)o1. The minimum absolute atomic E-state index is 0.184. The topological polar surface area (TPSA) is 38.9 Å². The predicted octanol–water partition coefficient (Wildman–Crippen LogP) is 3.17. The van der Waals surface area contributed by atoms with E-state index in [1.54, 1.807) is 12.1 Å². The summed E-state index contributed by atoms with van der Waals surface area (Å²) < 4.78 is 18.9. The lowest BCUT2D eigenvalue weighted by atomic mass is 9.97. The van der Waals surface area contributed by atoms with E-state index in [4.69, 9.17) is 4.42 Å². The van der Waals surface area contributed by atoms with Gasteiger partial charge in [-0.2, -0.15) is 4.39 Å². The number of nitrogens with zero attached hydrogens (tertiary/aromatic N) is 2. The highest BCUT2D eigenvalue weighted by Crippen LogP contribution is 2.27. The van der Waals surface area contributed by atoms with Crippen LogP contribution >= 0.6 is 0 Å². The molecule has 0 amide bonds. The summed E-state index contributed by atoms with van der Waals surface area (Å²) in [6.45, 7) is 5.96. The van der Waals surface area contributed by atoms with Crippen molar-refractivity contribution >= 4 is 0 Å². The van der Waals surface area contributed by atoms with Crippen molar-refractivity contribution in [2.75, 3.05) is 0 Å². The van der Waals surface area contributed by atoms with Crippen molar-refractivity contribution in [1.29, 1.82) is 0 Å². The minimum atomic E-state index is -0.542. The zero-order valence-electron chi connectivity index (χ0n) is 9.49. The fourth-order valence-corrected chi connectivity index (χ4v) is 1.32. The lowest BCUT2D eigenvalue weighted by Crippen LogP contribution is -2.10. The maximum atomic E-state index is 13.4. The molecule has 0 fully saturated rings. The summed E-state index contributed by atoms with van der Waals surface area (Å²) in [7, 11) is 0. The van der Waals surface area contributed by atoms with Crippen LogP contribution in [0.4, 0.5) is 4.39 Å². The third-order valence-electron chi connectivity index (χ3n) is 2.17. The van der Waals surface area contributed by atoms with Crippen molar-refractivity contribution in [3.63, 3.8) is 0 Å². The fraction of sp³-hybridized carbons (Fsp3) is 0.333. The van der Waals surface area contributed by atoms with Crippen LogP contribution in [0.25, 0.3) is 11.3 Å². The van der Waals surface area contributed by atoms with E-state index in [0.29, 0.717) is 17.2 Å². The molecule has 2 aromatic rings. The van der Waals surface area contributed by atoms with Gasteiger partial charge in [0.2, 0.25) is 5.95 Å². The smallest absolute Gasteiger partial charge is 0.223 e. The van der Waals surface area contributed by atoms with E-state index in [9.17, 15) is 4.39 Å². The summed E-state index contributed by atoms with van der Waals surface area (Å²) in [6.07, 6.45) is 2.93. The van der Waals surface area contributed by atoms with Gasteiger partial charge in [0.25, 0.3) is 0 Å². The molecule has 3 nitrogen and oxygen atoms in total. The molecule has 0 aliphatic rings. The Bertz CT molecular complexity index is 500. The number of oxazole rings is 1. The number of aromatic nitrogens is 2. The number of hydrogen-bond acceptors (Lipinski definition) is 3. The summed E-state index contributed by atoms with van der Waals surface area (Å²) in [5.74, 6) is 0.459. The van der Waals surface area contributed by atoms with E-state index in [2.05, 4.69) is 9.97 Å². The van der Waals surface area contributed by atoms with Crippen molar-refractivity contribution in [3.05, 3.63) is 36.4 Å². The Labute approximate surface area is 93.3 Å². The predicted molar refractivity (Wildman–Crippen MR) is 58.4 cm³/mol. The van der Waals surface area contributed by atoms with Crippen molar-refractivity contribution in [3.8, 4) is 11.3 Å². The second-order valence-electron chi connectivity index (χ2n) is 4.62. The molecule has 0 atom stereocenters. The standard InChI is InChI=1S/C12H13FN2O/c1-12(2,3)11-15-7-9(16-11)8-5-4-6-14-10(8)13/h4-7H,1-3H3. The minimum Gasteiger partial charge on any atom is -0.440 e. The molecule has 2 heterocycles. The van der Waals surface area contributed by atoms with E-state index in [1.165, 1.54) is 12.4 Å². The molecule has 0 bridgehead atoms. The van der Waals surface area contributed by atoms with Crippen LogP contribution in [0, 0.1) is 5.95 Å². The average molecular weight is 220 g/mol. The summed E-state index contributed by atoms with van der Waals surface area (Å²) in [4.78, 5) is 7.72. The van der Waals surface area contributed by atoms with Gasteiger partial charge >= 0.3 is 0 Å². The highest BCUT2D eigenvalue weighted by Gasteiger charge is 2.21.